The van der Waals surface area contributed by atoms with Crippen molar-refractivity contribution in [3.05, 3.63) is 81.0 Å². The molecule has 0 atom stereocenters. The average molecular weight is 685 g/mol. The second-order valence-electron chi connectivity index (χ2n) is 11.6. The molecule has 0 spiro atoms. The molecular weight excluding hydrogens is 652 g/mol. The Labute approximate surface area is 276 Å². The van der Waals surface area contributed by atoms with Gasteiger partial charge in [-0.2, -0.15) is 22.7 Å². The standard InChI is InChI=1S/C32H32F4N8O5/c1-3-23-26(41-10-12-42(13-11-41)29(47)25-27(46)21(33)6-9-37-25)30(48)44-31(39-28(40-44)19-7-14-49-15-8-19)43(23)17-24(45)38-22-5-4-20(16-18(22)2)32(34,35)36/h4-7,9,16,46H,3,8,10-15,17H2,1-2H3,(H,38,45). The number of carbonyl (C=O) groups excluding carboxylic acids is 2. The summed E-state index contributed by atoms with van der Waals surface area (Å²) in [7, 11) is 0. The van der Waals surface area contributed by atoms with Crippen LogP contribution in [-0.2, 0) is 28.7 Å². The summed E-state index contributed by atoms with van der Waals surface area (Å²) in [5.74, 6) is -2.65. The Balaban J connectivity index is 1.35. The fraction of sp³-hybridized carbons (Fsp3) is 0.375. The molecule has 5 heterocycles. The van der Waals surface area contributed by atoms with E-state index in [-0.39, 0.29) is 61.9 Å². The maximum Gasteiger partial charge on any atom is 0.416 e. The third-order valence-electron chi connectivity index (χ3n) is 8.50. The zero-order valence-corrected chi connectivity index (χ0v) is 26.6. The Morgan fingerprint density at radius 2 is 1.88 bits per heavy atom. The number of hydrogen-bond acceptors (Lipinski definition) is 9. The Bertz CT molecular complexity index is 2030. The van der Waals surface area contributed by atoms with Gasteiger partial charge in [0, 0.05) is 38.1 Å². The molecule has 3 aromatic heterocycles. The van der Waals surface area contributed by atoms with Gasteiger partial charge in [-0.15, -0.1) is 5.10 Å². The molecule has 17 heteroatoms. The van der Waals surface area contributed by atoms with Crippen molar-refractivity contribution in [2.75, 3.05) is 49.6 Å². The van der Waals surface area contributed by atoms with E-state index in [0.29, 0.717) is 31.2 Å². The molecule has 2 aliphatic rings. The predicted octanol–water partition coefficient (Wildman–Crippen LogP) is 3.43. The average Bonchev–Trinajstić information content (AvgIpc) is 3.54. The molecule has 2 amide bonds. The van der Waals surface area contributed by atoms with Crippen LogP contribution in [0.15, 0.2) is 41.3 Å². The summed E-state index contributed by atoms with van der Waals surface area (Å²) in [6.45, 7) is 4.29. The van der Waals surface area contributed by atoms with Crippen LogP contribution in [0.4, 0.5) is 28.9 Å². The number of anilines is 2. The molecule has 0 unspecified atom stereocenters. The molecule has 6 rings (SSSR count). The smallest absolute Gasteiger partial charge is 0.416 e. The zero-order chi connectivity index (χ0) is 35.0. The quantitative estimate of drug-likeness (QED) is 0.280. The number of carbonyl (C=O) groups is 2. The highest BCUT2D eigenvalue weighted by Gasteiger charge is 2.32. The molecule has 4 aromatic rings. The van der Waals surface area contributed by atoms with Crippen molar-refractivity contribution in [1.29, 1.82) is 0 Å². The lowest BCUT2D eigenvalue weighted by atomic mass is 10.1. The third-order valence-corrected chi connectivity index (χ3v) is 8.50. The van der Waals surface area contributed by atoms with E-state index in [9.17, 15) is 37.1 Å². The highest BCUT2D eigenvalue weighted by molar-refractivity contribution is 5.95. The number of nitrogens with one attached hydrogen (secondary N) is 1. The van der Waals surface area contributed by atoms with Crippen LogP contribution >= 0.6 is 0 Å². The molecule has 1 saturated heterocycles. The van der Waals surface area contributed by atoms with Gasteiger partial charge in [0.2, 0.25) is 11.7 Å². The molecular formula is C32H32F4N8O5. The van der Waals surface area contributed by atoms with E-state index in [4.69, 9.17) is 4.74 Å². The van der Waals surface area contributed by atoms with Gasteiger partial charge in [-0.1, -0.05) is 13.0 Å². The second-order valence-corrected chi connectivity index (χ2v) is 11.6. The fourth-order valence-electron chi connectivity index (χ4n) is 5.98. The first kappa shape index (κ1) is 33.6. The molecule has 1 fully saturated rings. The molecule has 0 radical (unpaired) electrons. The summed E-state index contributed by atoms with van der Waals surface area (Å²) in [5, 5.41) is 17.2. The van der Waals surface area contributed by atoms with Gasteiger partial charge in [-0.05, 0) is 55.2 Å². The summed E-state index contributed by atoms with van der Waals surface area (Å²) >= 11 is 0. The van der Waals surface area contributed by atoms with Gasteiger partial charge in [-0.3, -0.25) is 14.4 Å². The van der Waals surface area contributed by atoms with Crippen molar-refractivity contribution in [2.24, 2.45) is 0 Å². The maximum atomic E-state index is 14.1. The molecule has 0 bridgehead atoms. The molecule has 13 nitrogen and oxygen atoms in total. The van der Waals surface area contributed by atoms with Gasteiger partial charge >= 0.3 is 6.18 Å². The number of aromatic hydroxyl groups is 1. The second kappa shape index (κ2) is 13.3. The van der Waals surface area contributed by atoms with Crippen LogP contribution in [0.25, 0.3) is 11.4 Å². The number of benzene rings is 1. The molecule has 2 aliphatic heterocycles. The number of pyridine rings is 1. The van der Waals surface area contributed by atoms with Crippen LogP contribution in [-0.4, -0.2) is 85.4 Å². The normalized spacial score (nSPS) is 15.4. The topological polar surface area (TPSA) is 147 Å². The number of amides is 2. The van der Waals surface area contributed by atoms with Crippen molar-refractivity contribution in [3.8, 4) is 5.75 Å². The van der Waals surface area contributed by atoms with Crippen LogP contribution in [0.5, 0.6) is 5.75 Å². The predicted molar refractivity (Wildman–Crippen MR) is 169 cm³/mol. The van der Waals surface area contributed by atoms with Crippen molar-refractivity contribution in [3.63, 3.8) is 0 Å². The number of piperazine rings is 1. The molecule has 2 N–H and O–H groups in total. The van der Waals surface area contributed by atoms with E-state index in [0.717, 1.165) is 34.5 Å². The lowest BCUT2D eigenvalue weighted by Crippen LogP contribution is -2.51. The monoisotopic (exact) mass is 684 g/mol. The minimum Gasteiger partial charge on any atom is -0.503 e. The number of alkyl halides is 3. The lowest BCUT2D eigenvalue weighted by molar-refractivity contribution is -0.137. The Hall–Kier alpha value is -5.32. The molecule has 49 heavy (non-hydrogen) atoms. The number of fused-ring (bicyclic) bond motifs is 1. The largest absolute Gasteiger partial charge is 0.503 e. The first-order chi connectivity index (χ1) is 23.4. The van der Waals surface area contributed by atoms with E-state index < -0.39 is 46.4 Å². The molecule has 258 valence electrons. The van der Waals surface area contributed by atoms with E-state index >= 15 is 0 Å². The van der Waals surface area contributed by atoms with Crippen molar-refractivity contribution in [2.45, 2.75) is 39.4 Å². The Kier molecular flexibility index (Phi) is 9.11. The Morgan fingerprint density at radius 3 is 2.53 bits per heavy atom. The van der Waals surface area contributed by atoms with Crippen molar-refractivity contribution < 1.29 is 37.0 Å². The zero-order valence-electron chi connectivity index (χ0n) is 26.6. The number of ether oxygens (including phenoxy) is 1. The van der Waals surface area contributed by atoms with Gasteiger partial charge in [0.15, 0.2) is 23.1 Å². The van der Waals surface area contributed by atoms with Gasteiger partial charge in [0.05, 0.1) is 24.5 Å². The first-order valence-electron chi connectivity index (χ1n) is 15.5. The highest BCUT2D eigenvalue weighted by Crippen LogP contribution is 2.32. The Morgan fingerprint density at radius 1 is 1.12 bits per heavy atom. The van der Waals surface area contributed by atoms with Gasteiger partial charge in [0.25, 0.3) is 11.5 Å². The lowest BCUT2D eigenvalue weighted by Gasteiger charge is -2.36. The van der Waals surface area contributed by atoms with Crippen LogP contribution < -0.4 is 15.8 Å². The number of halogens is 4. The third kappa shape index (κ3) is 6.57. The minimum absolute atomic E-state index is 0.105. The number of aromatic nitrogens is 5. The minimum atomic E-state index is -4.54. The van der Waals surface area contributed by atoms with Gasteiger partial charge in [0.1, 0.15) is 12.2 Å². The number of rotatable bonds is 7. The molecule has 1 aromatic carbocycles. The number of aryl methyl sites for hydroxylation is 1. The van der Waals surface area contributed by atoms with E-state index in [1.54, 1.807) is 16.4 Å². The summed E-state index contributed by atoms with van der Waals surface area (Å²) in [5.41, 5.74) is 0.137. The first-order valence-corrected chi connectivity index (χ1v) is 15.5. The van der Waals surface area contributed by atoms with E-state index in [2.05, 4.69) is 20.4 Å². The van der Waals surface area contributed by atoms with E-state index in [1.807, 2.05) is 6.08 Å². The van der Waals surface area contributed by atoms with Crippen LogP contribution in [0.2, 0.25) is 0 Å². The maximum absolute atomic E-state index is 14.1. The number of nitrogens with zero attached hydrogens (tertiary/aromatic N) is 7. The SMILES string of the molecule is CCc1c(N2CCN(C(=O)c3nccc(F)c3O)CC2)c(=O)n2nc(C3=CCOCC3)nc2n1CC(=O)Nc1ccc(C(F)(F)F)cc1C. The van der Waals surface area contributed by atoms with Crippen molar-refractivity contribution in [1.82, 2.24) is 29.0 Å². The summed E-state index contributed by atoms with van der Waals surface area (Å²) in [6, 6.07) is 3.97. The van der Waals surface area contributed by atoms with Gasteiger partial charge < -0.3 is 29.5 Å². The van der Waals surface area contributed by atoms with Crippen LogP contribution in [0.1, 0.15) is 46.5 Å². The summed E-state index contributed by atoms with van der Waals surface area (Å²) < 4.78 is 61.6. The summed E-state index contributed by atoms with van der Waals surface area (Å²) in [6.07, 6.45) is -0.841. The fourth-order valence-corrected chi connectivity index (χ4v) is 5.98. The van der Waals surface area contributed by atoms with Crippen molar-refractivity contribution >= 4 is 34.5 Å². The van der Waals surface area contributed by atoms with Crippen LogP contribution in [0.3, 0.4) is 0 Å². The molecule has 0 aliphatic carbocycles. The highest BCUT2D eigenvalue weighted by atomic mass is 19.4. The van der Waals surface area contributed by atoms with E-state index in [1.165, 1.54) is 17.9 Å². The van der Waals surface area contributed by atoms with Crippen LogP contribution in [0, 0.1) is 12.7 Å². The van der Waals surface area contributed by atoms with Gasteiger partial charge in [-0.25, -0.2) is 9.37 Å². The molecule has 0 saturated carbocycles. The summed E-state index contributed by atoms with van der Waals surface area (Å²) in [4.78, 5) is 52.3. The number of hydrogen-bond donors (Lipinski definition) is 2.